The number of aryl methyl sites for hydroxylation is 1. The molecule has 3 rings (SSSR count). The van der Waals surface area contributed by atoms with Crippen LogP contribution in [0.1, 0.15) is 5.56 Å². The van der Waals surface area contributed by atoms with Crippen LogP contribution in [0.25, 0.3) is 16.2 Å². The number of nitrogens with zero attached hydrogens (tertiary/aromatic N) is 2. The highest BCUT2D eigenvalue weighted by atomic mass is 79.9. The van der Waals surface area contributed by atoms with Crippen LogP contribution in [0.3, 0.4) is 0 Å². The predicted octanol–water partition coefficient (Wildman–Crippen LogP) is 3.72. The SMILES string of the molecule is Cc1cc(N)cn2cc(-c3cc(Br)cs3)nc12. The Morgan fingerprint density at radius 2 is 2.18 bits per heavy atom. The first-order valence-corrected chi connectivity index (χ1v) is 6.80. The first-order valence-electron chi connectivity index (χ1n) is 5.13. The average molecular weight is 308 g/mol. The lowest BCUT2D eigenvalue weighted by Crippen LogP contribution is -1.92. The number of anilines is 1. The number of halogens is 1. The summed E-state index contributed by atoms with van der Waals surface area (Å²) in [6, 6.07) is 4.02. The van der Waals surface area contributed by atoms with Crippen molar-refractivity contribution in [3.63, 3.8) is 0 Å². The molecule has 0 aliphatic rings. The van der Waals surface area contributed by atoms with Crippen LogP contribution in [0.15, 0.2) is 34.4 Å². The van der Waals surface area contributed by atoms with Crippen LogP contribution in [0.5, 0.6) is 0 Å². The maximum absolute atomic E-state index is 5.82. The molecule has 0 spiro atoms. The van der Waals surface area contributed by atoms with Crippen molar-refractivity contribution in [1.29, 1.82) is 0 Å². The van der Waals surface area contributed by atoms with Gasteiger partial charge in [-0.2, -0.15) is 0 Å². The zero-order chi connectivity index (χ0) is 12.0. The molecule has 0 unspecified atom stereocenters. The summed E-state index contributed by atoms with van der Waals surface area (Å²) in [7, 11) is 0. The van der Waals surface area contributed by atoms with E-state index in [2.05, 4.69) is 32.4 Å². The molecule has 0 amide bonds. The van der Waals surface area contributed by atoms with Crippen molar-refractivity contribution in [3.8, 4) is 10.6 Å². The lowest BCUT2D eigenvalue weighted by atomic mass is 10.3. The van der Waals surface area contributed by atoms with Gasteiger partial charge in [0, 0.05) is 27.9 Å². The number of hydrogen-bond acceptors (Lipinski definition) is 3. The van der Waals surface area contributed by atoms with E-state index in [-0.39, 0.29) is 0 Å². The van der Waals surface area contributed by atoms with Gasteiger partial charge in [-0.15, -0.1) is 11.3 Å². The highest BCUT2D eigenvalue weighted by molar-refractivity contribution is 9.10. The molecule has 3 heterocycles. The van der Waals surface area contributed by atoms with Crippen LogP contribution in [-0.2, 0) is 0 Å². The summed E-state index contributed by atoms with van der Waals surface area (Å²) in [4.78, 5) is 5.79. The van der Waals surface area contributed by atoms with E-state index in [4.69, 9.17) is 5.73 Å². The molecule has 0 atom stereocenters. The van der Waals surface area contributed by atoms with E-state index in [0.717, 1.165) is 31.9 Å². The van der Waals surface area contributed by atoms with E-state index in [1.807, 2.05) is 29.8 Å². The fraction of sp³-hybridized carbons (Fsp3) is 0.0833. The fourth-order valence-electron chi connectivity index (χ4n) is 1.86. The fourth-order valence-corrected chi connectivity index (χ4v) is 3.24. The van der Waals surface area contributed by atoms with Crippen LogP contribution >= 0.6 is 27.3 Å². The molecule has 0 radical (unpaired) electrons. The van der Waals surface area contributed by atoms with Crippen LogP contribution in [0.4, 0.5) is 5.69 Å². The number of aromatic nitrogens is 2. The van der Waals surface area contributed by atoms with Gasteiger partial charge >= 0.3 is 0 Å². The second-order valence-corrected chi connectivity index (χ2v) is 5.77. The molecule has 0 fully saturated rings. The molecular weight excluding hydrogens is 298 g/mol. The van der Waals surface area contributed by atoms with E-state index in [1.165, 1.54) is 0 Å². The van der Waals surface area contributed by atoms with Gasteiger partial charge in [0.2, 0.25) is 0 Å². The van der Waals surface area contributed by atoms with Crippen molar-refractivity contribution in [2.24, 2.45) is 0 Å². The van der Waals surface area contributed by atoms with Gasteiger partial charge in [0.15, 0.2) is 0 Å². The standard InChI is InChI=1S/C12H10BrN3S/c1-7-2-9(14)4-16-5-10(15-12(7)16)11-3-8(13)6-17-11/h2-6H,14H2,1H3. The highest BCUT2D eigenvalue weighted by Crippen LogP contribution is 2.30. The highest BCUT2D eigenvalue weighted by Gasteiger charge is 2.08. The second-order valence-electron chi connectivity index (χ2n) is 3.94. The maximum Gasteiger partial charge on any atom is 0.140 e. The average Bonchev–Trinajstić information content (AvgIpc) is 2.83. The van der Waals surface area contributed by atoms with Crippen LogP contribution in [0, 0.1) is 6.92 Å². The maximum atomic E-state index is 5.82. The van der Waals surface area contributed by atoms with Gasteiger partial charge in [0.25, 0.3) is 0 Å². The number of nitrogens with two attached hydrogens (primary N) is 1. The summed E-state index contributed by atoms with van der Waals surface area (Å²) >= 11 is 5.13. The molecule has 2 N–H and O–H groups in total. The normalized spacial score (nSPS) is 11.2. The van der Waals surface area contributed by atoms with E-state index >= 15 is 0 Å². The molecule has 0 saturated heterocycles. The molecular formula is C12H10BrN3S. The molecule has 0 aliphatic heterocycles. The second kappa shape index (κ2) is 3.85. The number of fused-ring (bicyclic) bond motifs is 1. The Morgan fingerprint density at radius 3 is 2.88 bits per heavy atom. The van der Waals surface area contributed by atoms with Crippen molar-refractivity contribution < 1.29 is 0 Å². The minimum absolute atomic E-state index is 0.756. The third-order valence-corrected chi connectivity index (χ3v) is 4.29. The summed E-state index contributed by atoms with van der Waals surface area (Å²) in [6.45, 7) is 2.02. The zero-order valence-corrected chi connectivity index (χ0v) is 11.5. The largest absolute Gasteiger partial charge is 0.398 e. The molecule has 3 aromatic rings. The van der Waals surface area contributed by atoms with Crippen molar-refractivity contribution in [3.05, 3.63) is 39.9 Å². The molecule has 3 nitrogen and oxygen atoms in total. The first-order chi connectivity index (χ1) is 8.13. The zero-order valence-electron chi connectivity index (χ0n) is 9.14. The van der Waals surface area contributed by atoms with Gasteiger partial charge in [-0.25, -0.2) is 4.98 Å². The van der Waals surface area contributed by atoms with Gasteiger partial charge in [0.1, 0.15) is 5.65 Å². The smallest absolute Gasteiger partial charge is 0.140 e. The lowest BCUT2D eigenvalue weighted by Gasteiger charge is -1.98. The van der Waals surface area contributed by atoms with Crippen LogP contribution in [-0.4, -0.2) is 9.38 Å². The van der Waals surface area contributed by atoms with Gasteiger partial charge < -0.3 is 10.1 Å². The summed E-state index contributed by atoms with van der Waals surface area (Å²) in [5.74, 6) is 0. The van der Waals surface area contributed by atoms with E-state index in [9.17, 15) is 0 Å². The Morgan fingerprint density at radius 1 is 1.35 bits per heavy atom. The summed E-state index contributed by atoms with van der Waals surface area (Å²) in [5, 5.41) is 2.06. The Labute approximate surface area is 111 Å². The third-order valence-electron chi connectivity index (χ3n) is 2.58. The number of rotatable bonds is 1. The molecule has 0 bridgehead atoms. The Kier molecular flexibility index (Phi) is 2.45. The topological polar surface area (TPSA) is 43.3 Å². The van der Waals surface area contributed by atoms with E-state index in [1.54, 1.807) is 11.3 Å². The van der Waals surface area contributed by atoms with Gasteiger partial charge in [-0.1, -0.05) is 0 Å². The summed E-state index contributed by atoms with van der Waals surface area (Å²) < 4.78 is 3.07. The summed E-state index contributed by atoms with van der Waals surface area (Å²) in [6.07, 6.45) is 3.90. The van der Waals surface area contributed by atoms with Gasteiger partial charge in [0.05, 0.1) is 10.6 Å². The molecule has 0 saturated carbocycles. The number of imidazole rings is 1. The molecule has 86 valence electrons. The molecule has 5 heteroatoms. The Bertz CT molecular complexity index is 699. The first kappa shape index (κ1) is 10.8. The van der Waals surface area contributed by atoms with Crippen LogP contribution < -0.4 is 5.73 Å². The minimum atomic E-state index is 0.756. The third kappa shape index (κ3) is 1.85. The van der Waals surface area contributed by atoms with Crippen LogP contribution in [0.2, 0.25) is 0 Å². The van der Waals surface area contributed by atoms with Gasteiger partial charge in [-0.3, -0.25) is 0 Å². The Hall–Kier alpha value is -1.33. The number of thiophene rings is 1. The van der Waals surface area contributed by atoms with Gasteiger partial charge in [-0.05, 0) is 40.5 Å². The summed E-state index contributed by atoms with van der Waals surface area (Å²) in [5.41, 5.74) is 9.61. The number of hydrogen-bond donors (Lipinski definition) is 1. The monoisotopic (exact) mass is 307 g/mol. The molecule has 0 aromatic carbocycles. The molecule has 0 aliphatic carbocycles. The van der Waals surface area contributed by atoms with Crippen molar-refractivity contribution >= 4 is 38.6 Å². The quantitative estimate of drug-likeness (QED) is 0.744. The van der Waals surface area contributed by atoms with E-state index in [0.29, 0.717) is 0 Å². The lowest BCUT2D eigenvalue weighted by molar-refractivity contribution is 1.17. The van der Waals surface area contributed by atoms with Crippen molar-refractivity contribution in [2.75, 3.05) is 5.73 Å². The van der Waals surface area contributed by atoms with Crippen molar-refractivity contribution in [1.82, 2.24) is 9.38 Å². The molecule has 3 aromatic heterocycles. The predicted molar refractivity (Wildman–Crippen MR) is 75.4 cm³/mol. The number of pyridine rings is 1. The van der Waals surface area contributed by atoms with E-state index < -0.39 is 0 Å². The minimum Gasteiger partial charge on any atom is -0.398 e. The Balaban J connectivity index is 2.23. The van der Waals surface area contributed by atoms with Crippen molar-refractivity contribution in [2.45, 2.75) is 6.92 Å². The number of nitrogen functional groups attached to an aromatic ring is 1. The molecule has 17 heavy (non-hydrogen) atoms.